The first-order chi connectivity index (χ1) is 10.5. The predicted octanol–water partition coefficient (Wildman–Crippen LogP) is 1.40. The predicted molar refractivity (Wildman–Crippen MR) is 79.1 cm³/mol. The fourth-order valence-corrected chi connectivity index (χ4v) is 2.75. The van der Waals surface area contributed by atoms with E-state index < -0.39 is 23.4 Å². The number of halogens is 1. The second kappa shape index (κ2) is 5.20. The molecule has 3 rings (SSSR count). The molecule has 0 N–H and O–H groups in total. The number of ether oxygens (including phenoxy) is 1. The van der Waals surface area contributed by atoms with E-state index in [2.05, 4.69) is 25.8 Å². The fraction of sp³-hybridized carbons (Fsp3) is 0.286. The third-order valence-corrected chi connectivity index (χ3v) is 4.10. The standard InChI is InChI=1S/C14H11BrN2O5/c1-21-12(19)10-6-14(22-16-10)7-11(18)17(13(14)20)9-4-2-8(15)3-5-9/h2-5H,6-7H2,1H3/t14-/m0/s1. The molecule has 2 aliphatic heterocycles. The molecule has 1 aromatic carbocycles. The van der Waals surface area contributed by atoms with Gasteiger partial charge in [0.05, 0.1) is 25.6 Å². The number of carbonyl (C=O) groups excluding carboxylic acids is 3. The molecule has 1 fully saturated rings. The first kappa shape index (κ1) is 14.7. The van der Waals surface area contributed by atoms with Crippen molar-refractivity contribution in [3.63, 3.8) is 0 Å². The number of nitrogens with zero attached hydrogens (tertiary/aromatic N) is 2. The summed E-state index contributed by atoms with van der Waals surface area (Å²) >= 11 is 3.29. The molecule has 1 spiro atoms. The van der Waals surface area contributed by atoms with Gasteiger partial charge in [-0.1, -0.05) is 21.1 Å². The summed E-state index contributed by atoms with van der Waals surface area (Å²) < 4.78 is 5.39. The molecule has 0 bridgehead atoms. The highest BCUT2D eigenvalue weighted by atomic mass is 79.9. The van der Waals surface area contributed by atoms with E-state index >= 15 is 0 Å². The maximum atomic E-state index is 12.6. The molecule has 2 aliphatic rings. The van der Waals surface area contributed by atoms with Crippen molar-refractivity contribution in [1.29, 1.82) is 0 Å². The lowest BCUT2D eigenvalue weighted by atomic mass is 9.95. The maximum Gasteiger partial charge on any atom is 0.356 e. The van der Waals surface area contributed by atoms with Crippen LogP contribution in [0.3, 0.4) is 0 Å². The Morgan fingerprint density at radius 3 is 2.64 bits per heavy atom. The average Bonchev–Trinajstić information content (AvgIpc) is 3.03. The molecule has 0 aromatic heterocycles. The van der Waals surface area contributed by atoms with Gasteiger partial charge in [-0.05, 0) is 24.3 Å². The van der Waals surface area contributed by atoms with Gasteiger partial charge in [-0.2, -0.15) is 0 Å². The quantitative estimate of drug-likeness (QED) is 0.583. The van der Waals surface area contributed by atoms with Crippen molar-refractivity contribution in [2.24, 2.45) is 5.16 Å². The summed E-state index contributed by atoms with van der Waals surface area (Å²) in [6.07, 6.45) is -0.233. The number of oxime groups is 1. The van der Waals surface area contributed by atoms with Gasteiger partial charge in [0, 0.05) is 4.47 Å². The van der Waals surface area contributed by atoms with Gasteiger partial charge in [0.25, 0.3) is 5.91 Å². The number of carbonyl (C=O) groups is 3. The smallest absolute Gasteiger partial charge is 0.356 e. The van der Waals surface area contributed by atoms with Crippen molar-refractivity contribution in [1.82, 2.24) is 0 Å². The number of benzene rings is 1. The zero-order chi connectivity index (χ0) is 15.9. The topological polar surface area (TPSA) is 85.3 Å². The van der Waals surface area contributed by atoms with Crippen LogP contribution in [0.25, 0.3) is 0 Å². The minimum Gasteiger partial charge on any atom is -0.464 e. The van der Waals surface area contributed by atoms with Crippen LogP contribution < -0.4 is 4.90 Å². The minimum atomic E-state index is -1.44. The summed E-state index contributed by atoms with van der Waals surface area (Å²) in [5.74, 6) is -1.59. The number of anilines is 1. The summed E-state index contributed by atoms with van der Waals surface area (Å²) in [7, 11) is 1.21. The molecule has 22 heavy (non-hydrogen) atoms. The van der Waals surface area contributed by atoms with E-state index in [-0.39, 0.29) is 18.6 Å². The van der Waals surface area contributed by atoms with Crippen LogP contribution in [0.4, 0.5) is 5.69 Å². The second-order valence-corrected chi connectivity index (χ2v) is 5.90. The van der Waals surface area contributed by atoms with Gasteiger partial charge < -0.3 is 9.57 Å². The summed E-state index contributed by atoms with van der Waals surface area (Å²) in [6.45, 7) is 0. The minimum absolute atomic E-state index is 0.00121. The van der Waals surface area contributed by atoms with E-state index in [4.69, 9.17) is 4.84 Å². The van der Waals surface area contributed by atoms with Gasteiger partial charge >= 0.3 is 5.97 Å². The lowest BCUT2D eigenvalue weighted by Gasteiger charge is -2.19. The number of imide groups is 1. The zero-order valence-corrected chi connectivity index (χ0v) is 13.1. The highest BCUT2D eigenvalue weighted by Crippen LogP contribution is 2.38. The second-order valence-electron chi connectivity index (χ2n) is 4.98. The Balaban J connectivity index is 1.87. The molecule has 0 unspecified atom stereocenters. The van der Waals surface area contributed by atoms with Gasteiger partial charge in [-0.3, -0.25) is 9.59 Å². The monoisotopic (exact) mass is 366 g/mol. The van der Waals surface area contributed by atoms with Crippen molar-refractivity contribution in [2.45, 2.75) is 18.4 Å². The van der Waals surface area contributed by atoms with Crippen molar-refractivity contribution in [2.75, 3.05) is 12.0 Å². The Labute approximate surface area is 134 Å². The third kappa shape index (κ3) is 2.19. The molecule has 0 aliphatic carbocycles. The Kier molecular flexibility index (Phi) is 3.48. The normalized spacial score (nSPS) is 23.7. The summed E-state index contributed by atoms with van der Waals surface area (Å²) in [4.78, 5) is 42.6. The lowest BCUT2D eigenvalue weighted by molar-refractivity contribution is -0.136. The summed E-state index contributed by atoms with van der Waals surface area (Å²) in [5.41, 5.74) is -0.986. The number of rotatable bonds is 2. The summed E-state index contributed by atoms with van der Waals surface area (Å²) in [5, 5.41) is 3.60. The molecular weight excluding hydrogens is 356 g/mol. The number of esters is 1. The van der Waals surface area contributed by atoms with E-state index in [1.807, 2.05) is 0 Å². The molecule has 8 heteroatoms. The van der Waals surface area contributed by atoms with Gasteiger partial charge in [0.1, 0.15) is 0 Å². The zero-order valence-electron chi connectivity index (χ0n) is 11.5. The Bertz CT molecular complexity index is 700. The Morgan fingerprint density at radius 1 is 1.32 bits per heavy atom. The van der Waals surface area contributed by atoms with Crippen LogP contribution in [0.1, 0.15) is 12.8 Å². The Hall–Kier alpha value is -2.22. The van der Waals surface area contributed by atoms with Crippen molar-refractivity contribution in [3.05, 3.63) is 28.7 Å². The van der Waals surface area contributed by atoms with Crippen LogP contribution in [-0.4, -0.2) is 36.2 Å². The van der Waals surface area contributed by atoms with Gasteiger partial charge in [0.2, 0.25) is 11.5 Å². The van der Waals surface area contributed by atoms with Gasteiger partial charge in [-0.15, -0.1) is 0 Å². The molecular formula is C14H11BrN2O5. The molecule has 0 saturated carbocycles. The summed E-state index contributed by atoms with van der Waals surface area (Å²) in [6, 6.07) is 6.76. The van der Waals surface area contributed by atoms with E-state index in [0.29, 0.717) is 5.69 Å². The highest BCUT2D eigenvalue weighted by molar-refractivity contribution is 9.10. The molecule has 0 radical (unpaired) electrons. The van der Waals surface area contributed by atoms with Crippen LogP contribution >= 0.6 is 15.9 Å². The first-order valence-corrected chi connectivity index (χ1v) is 7.22. The van der Waals surface area contributed by atoms with Crippen LogP contribution in [0.2, 0.25) is 0 Å². The van der Waals surface area contributed by atoms with E-state index in [0.717, 1.165) is 9.37 Å². The largest absolute Gasteiger partial charge is 0.464 e. The number of amides is 2. The van der Waals surface area contributed by atoms with E-state index in [9.17, 15) is 14.4 Å². The molecule has 1 saturated heterocycles. The van der Waals surface area contributed by atoms with Crippen molar-refractivity contribution in [3.8, 4) is 0 Å². The number of methoxy groups -OCH3 is 1. The highest BCUT2D eigenvalue weighted by Gasteiger charge is 2.58. The fourth-order valence-electron chi connectivity index (χ4n) is 2.48. The van der Waals surface area contributed by atoms with Crippen LogP contribution in [0, 0.1) is 0 Å². The van der Waals surface area contributed by atoms with E-state index in [1.165, 1.54) is 7.11 Å². The first-order valence-electron chi connectivity index (χ1n) is 6.43. The van der Waals surface area contributed by atoms with Crippen molar-refractivity contribution >= 4 is 45.1 Å². The average molecular weight is 367 g/mol. The molecule has 2 heterocycles. The van der Waals surface area contributed by atoms with Gasteiger partial charge in [-0.25, -0.2) is 9.69 Å². The third-order valence-electron chi connectivity index (χ3n) is 3.57. The molecule has 7 nitrogen and oxygen atoms in total. The molecule has 1 aromatic rings. The maximum absolute atomic E-state index is 12.6. The van der Waals surface area contributed by atoms with Gasteiger partial charge in [0.15, 0.2) is 5.71 Å². The molecule has 2 amide bonds. The SMILES string of the molecule is COC(=O)C1=NO[C@]2(CC(=O)N(c3ccc(Br)cc3)C2=O)C1. The lowest BCUT2D eigenvalue weighted by Crippen LogP contribution is -2.41. The Morgan fingerprint density at radius 2 is 2.00 bits per heavy atom. The van der Waals surface area contributed by atoms with Crippen LogP contribution in [0.15, 0.2) is 33.9 Å². The van der Waals surface area contributed by atoms with Crippen molar-refractivity contribution < 1.29 is 24.0 Å². The number of hydrogen-bond donors (Lipinski definition) is 0. The molecule has 1 atom stereocenters. The van der Waals surface area contributed by atoms with Crippen LogP contribution in [0.5, 0.6) is 0 Å². The van der Waals surface area contributed by atoms with Crippen LogP contribution in [-0.2, 0) is 24.0 Å². The van der Waals surface area contributed by atoms with E-state index in [1.54, 1.807) is 24.3 Å². The number of hydrogen-bond acceptors (Lipinski definition) is 6. The molecule has 114 valence electrons.